The summed E-state index contributed by atoms with van der Waals surface area (Å²) in [5, 5.41) is 3.05. The minimum atomic E-state index is -2.82. The van der Waals surface area contributed by atoms with E-state index in [4.69, 9.17) is 6.42 Å². The van der Waals surface area contributed by atoms with E-state index in [0.29, 0.717) is 6.54 Å². The number of benzene rings is 1. The first-order chi connectivity index (χ1) is 7.67. The Balaban J connectivity index is 2.84. The molecule has 1 unspecified atom stereocenters. The highest BCUT2D eigenvalue weighted by molar-refractivity contribution is 5.33. The van der Waals surface area contributed by atoms with Gasteiger partial charge >= 0.3 is 6.61 Å². The first-order valence-electron chi connectivity index (χ1n) is 4.91. The van der Waals surface area contributed by atoms with Gasteiger partial charge in [-0.25, -0.2) is 0 Å². The zero-order valence-corrected chi connectivity index (χ0v) is 8.91. The summed E-state index contributed by atoms with van der Waals surface area (Å²) < 4.78 is 28.3. The Kier molecular flexibility index (Phi) is 4.74. The zero-order chi connectivity index (χ0) is 12.0. The maximum atomic E-state index is 12.0. The lowest BCUT2D eigenvalue weighted by atomic mass is 10.1. The van der Waals surface area contributed by atoms with Gasteiger partial charge in [-0.2, -0.15) is 8.78 Å². The van der Waals surface area contributed by atoms with Crippen molar-refractivity contribution < 1.29 is 13.5 Å². The molecule has 0 amide bonds. The standard InChI is InChI=1S/C12H13F2NO/c1-3-11(15-4-2)9-6-5-7-10(8-9)16-12(13)14/h1,5-8,11-12,15H,4H2,2H3. The topological polar surface area (TPSA) is 21.3 Å². The number of hydrogen-bond acceptors (Lipinski definition) is 2. The van der Waals surface area contributed by atoms with E-state index in [-0.39, 0.29) is 11.8 Å². The maximum absolute atomic E-state index is 12.0. The summed E-state index contributed by atoms with van der Waals surface area (Å²) in [4.78, 5) is 0. The van der Waals surface area contributed by atoms with Gasteiger partial charge in [0, 0.05) is 0 Å². The Hall–Kier alpha value is -1.60. The lowest BCUT2D eigenvalue weighted by Gasteiger charge is -2.13. The van der Waals surface area contributed by atoms with Crippen LogP contribution >= 0.6 is 0 Å². The molecular formula is C12H13F2NO. The number of nitrogens with one attached hydrogen (secondary N) is 1. The van der Waals surface area contributed by atoms with Crippen molar-refractivity contribution in [2.24, 2.45) is 0 Å². The third kappa shape index (κ3) is 3.52. The van der Waals surface area contributed by atoms with Crippen LogP contribution in [0.25, 0.3) is 0 Å². The lowest BCUT2D eigenvalue weighted by Crippen LogP contribution is -2.19. The molecular weight excluding hydrogens is 212 g/mol. The Morgan fingerprint density at radius 2 is 2.25 bits per heavy atom. The molecule has 2 nitrogen and oxygen atoms in total. The van der Waals surface area contributed by atoms with Crippen LogP contribution in [0, 0.1) is 12.3 Å². The van der Waals surface area contributed by atoms with Crippen molar-refractivity contribution in [2.45, 2.75) is 19.6 Å². The summed E-state index contributed by atoms with van der Waals surface area (Å²) in [5.74, 6) is 2.66. The summed E-state index contributed by atoms with van der Waals surface area (Å²) in [6, 6.07) is 6.10. The third-order valence-corrected chi connectivity index (χ3v) is 1.99. The molecule has 1 atom stereocenters. The number of rotatable bonds is 5. The average Bonchev–Trinajstić information content (AvgIpc) is 2.25. The van der Waals surface area contributed by atoms with E-state index in [1.807, 2.05) is 6.92 Å². The van der Waals surface area contributed by atoms with Crippen LogP contribution in [0.1, 0.15) is 18.5 Å². The molecule has 1 rings (SSSR count). The molecule has 0 aromatic heterocycles. The number of hydrogen-bond donors (Lipinski definition) is 1. The molecule has 0 bridgehead atoms. The number of ether oxygens (including phenoxy) is 1. The first kappa shape index (κ1) is 12.5. The number of halogens is 2. The smallest absolute Gasteiger partial charge is 0.387 e. The van der Waals surface area contributed by atoms with E-state index in [9.17, 15) is 8.78 Å². The molecule has 0 aliphatic rings. The molecule has 0 saturated carbocycles. The molecule has 16 heavy (non-hydrogen) atoms. The monoisotopic (exact) mass is 225 g/mol. The van der Waals surface area contributed by atoms with E-state index in [1.165, 1.54) is 12.1 Å². The quantitative estimate of drug-likeness (QED) is 0.778. The lowest BCUT2D eigenvalue weighted by molar-refractivity contribution is -0.0498. The van der Waals surface area contributed by atoms with Crippen LogP contribution in [0.3, 0.4) is 0 Å². The van der Waals surface area contributed by atoms with Crippen LogP contribution in [0.4, 0.5) is 8.78 Å². The van der Waals surface area contributed by atoms with Crippen molar-refractivity contribution in [3.63, 3.8) is 0 Å². The van der Waals surface area contributed by atoms with Crippen molar-refractivity contribution >= 4 is 0 Å². The van der Waals surface area contributed by atoms with Crippen molar-refractivity contribution in [1.82, 2.24) is 5.32 Å². The minimum Gasteiger partial charge on any atom is -0.435 e. The van der Waals surface area contributed by atoms with Crippen molar-refractivity contribution in [3.05, 3.63) is 29.8 Å². The van der Waals surface area contributed by atoms with Gasteiger partial charge in [0.1, 0.15) is 5.75 Å². The minimum absolute atomic E-state index is 0.116. The normalized spacial score (nSPS) is 12.2. The maximum Gasteiger partial charge on any atom is 0.387 e. The molecule has 0 aliphatic carbocycles. The van der Waals surface area contributed by atoms with Gasteiger partial charge in [-0.15, -0.1) is 6.42 Å². The van der Waals surface area contributed by atoms with Crippen LogP contribution in [0.5, 0.6) is 5.75 Å². The predicted molar refractivity (Wildman–Crippen MR) is 58.3 cm³/mol. The van der Waals surface area contributed by atoms with E-state index < -0.39 is 6.61 Å². The van der Waals surface area contributed by atoms with Gasteiger partial charge in [0.05, 0.1) is 6.04 Å². The second kappa shape index (κ2) is 6.09. The van der Waals surface area contributed by atoms with Gasteiger partial charge in [0.25, 0.3) is 0 Å². The molecule has 0 aliphatic heterocycles. The van der Waals surface area contributed by atoms with Crippen LogP contribution in [0.2, 0.25) is 0 Å². The number of terminal acetylenes is 1. The number of alkyl halides is 2. The third-order valence-electron chi connectivity index (χ3n) is 1.99. The average molecular weight is 225 g/mol. The molecule has 1 N–H and O–H groups in total. The summed E-state index contributed by atoms with van der Waals surface area (Å²) >= 11 is 0. The van der Waals surface area contributed by atoms with Gasteiger partial charge < -0.3 is 10.1 Å². The predicted octanol–water partition coefficient (Wildman–Crippen LogP) is 2.57. The van der Waals surface area contributed by atoms with Gasteiger partial charge in [-0.3, -0.25) is 0 Å². The van der Waals surface area contributed by atoms with Crippen LogP contribution < -0.4 is 10.1 Å². The highest BCUT2D eigenvalue weighted by Gasteiger charge is 2.09. The molecule has 0 spiro atoms. The van der Waals surface area contributed by atoms with Crippen LogP contribution in [0.15, 0.2) is 24.3 Å². The van der Waals surface area contributed by atoms with E-state index >= 15 is 0 Å². The Morgan fingerprint density at radius 3 is 2.81 bits per heavy atom. The van der Waals surface area contributed by atoms with Crippen molar-refractivity contribution in [1.29, 1.82) is 0 Å². The molecule has 0 radical (unpaired) electrons. The van der Waals surface area contributed by atoms with E-state index in [0.717, 1.165) is 5.56 Å². The molecule has 4 heteroatoms. The Morgan fingerprint density at radius 1 is 1.50 bits per heavy atom. The Labute approximate surface area is 93.6 Å². The van der Waals surface area contributed by atoms with Gasteiger partial charge in [0.2, 0.25) is 0 Å². The summed E-state index contributed by atoms with van der Waals surface area (Å²) in [6.07, 6.45) is 5.34. The zero-order valence-electron chi connectivity index (χ0n) is 8.91. The van der Waals surface area contributed by atoms with Crippen molar-refractivity contribution in [2.75, 3.05) is 6.54 Å². The fraction of sp³-hybridized carbons (Fsp3) is 0.333. The highest BCUT2D eigenvalue weighted by Crippen LogP contribution is 2.20. The van der Waals surface area contributed by atoms with Gasteiger partial charge in [-0.1, -0.05) is 25.0 Å². The van der Waals surface area contributed by atoms with E-state index in [2.05, 4.69) is 16.0 Å². The van der Waals surface area contributed by atoms with E-state index in [1.54, 1.807) is 12.1 Å². The van der Waals surface area contributed by atoms with Crippen LogP contribution in [-0.4, -0.2) is 13.2 Å². The fourth-order valence-corrected chi connectivity index (χ4v) is 1.35. The molecule has 1 aromatic rings. The first-order valence-corrected chi connectivity index (χ1v) is 4.91. The summed E-state index contributed by atoms with van der Waals surface area (Å²) in [7, 11) is 0. The summed E-state index contributed by atoms with van der Waals surface area (Å²) in [6.45, 7) is -0.197. The second-order valence-electron chi connectivity index (χ2n) is 3.11. The SMILES string of the molecule is C#CC(NCC)c1cccc(OC(F)F)c1. The molecule has 1 aromatic carbocycles. The van der Waals surface area contributed by atoms with Gasteiger partial charge in [0.15, 0.2) is 0 Å². The largest absolute Gasteiger partial charge is 0.435 e. The summed E-state index contributed by atoms with van der Waals surface area (Å²) in [5.41, 5.74) is 0.738. The molecule has 86 valence electrons. The molecule has 0 fully saturated rings. The van der Waals surface area contributed by atoms with Crippen LogP contribution in [-0.2, 0) is 0 Å². The highest BCUT2D eigenvalue weighted by atomic mass is 19.3. The fourth-order valence-electron chi connectivity index (χ4n) is 1.35. The second-order valence-corrected chi connectivity index (χ2v) is 3.11. The van der Waals surface area contributed by atoms with Gasteiger partial charge in [-0.05, 0) is 24.2 Å². The molecule has 0 heterocycles. The molecule has 0 saturated heterocycles. The Bertz CT molecular complexity index is 374. The van der Waals surface area contributed by atoms with Crippen molar-refractivity contribution in [3.8, 4) is 18.1 Å².